The van der Waals surface area contributed by atoms with E-state index in [1.165, 1.54) is 0 Å². The van der Waals surface area contributed by atoms with E-state index in [2.05, 4.69) is 4.72 Å². The van der Waals surface area contributed by atoms with Crippen molar-refractivity contribution in [2.45, 2.75) is 57.4 Å². The van der Waals surface area contributed by atoms with Crippen LogP contribution < -0.4 is 9.46 Å². The minimum Gasteiger partial charge on any atom is -0.494 e. The van der Waals surface area contributed by atoms with Crippen molar-refractivity contribution in [3.63, 3.8) is 0 Å². The van der Waals surface area contributed by atoms with Crippen molar-refractivity contribution in [3.05, 3.63) is 23.3 Å². The summed E-state index contributed by atoms with van der Waals surface area (Å²) in [5.74, 6) is 0.754. The summed E-state index contributed by atoms with van der Waals surface area (Å²) >= 11 is 0. The molecule has 0 heterocycles. The van der Waals surface area contributed by atoms with Gasteiger partial charge in [-0.1, -0.05) is 12.8 Å². The van der Waals surface area contributed by atoms with E-state index >= 15 is 0 Å². The van der Waals surface area contributed by atoms with E-state index < -0.39 is 10.0 Å². The van der Waals surface area contributed by atoms with Crippen LogP contribution in [-0.4, -0.2) is 21.1 Å². The van der Waals surface area contributed by atoms with Gasteiger partial charge in [-0.2, -0.15) is 0 Å². The number of hydrogen-bond donors (Lipinski definition) is 1. The average Bonchev–Trinajstić information content (AvgIpc) is 2.87. The van der Waals surface area contributed by atoms with Crippen LogP contribution in [-0.2, 0) is 10.0 Å². The maximum Gasteiger partial charge on any atom is 0.241 e. The van der Waals surface area contributed by atoms with E-state index in [0.717, 1.165) is 42.6 Å². The standard InChI is InChI=1S/C15H23NO3S/c1-4-19-14-9-10-15(12(3)11(14)2)20(17,18)16-13-7-5-6-8-13/h9-10,13,16H,4-8H2,1-3H3. The summed E-state index contributed by atoms with van der Waals surface area (Å²) in [5, 5.41) is 0. The molecule has 1 saturated carbocycles. The highest BCUT2D eigenvalue weighted by molar-refractivity contribution is 7.89. The van der Waals surface area contributed by atoms with E-state index in [1.807, 2.05) is 20.8 Å². The number of nitrogens with one attached hydrogen (secondary N) is 1. The normalized spacial score (nSPS) is 16.6. The predicted molar refractivity (Wildman–Crippen MR) is 79.7 cm³/mol. The first-order valence-corrected chi connectivity index (χ1v) is 8.69. The van der Waals surface area contributed by atoms with Crippen LogP contribution in [0.15, 0.2) is 17.0 Å². The van der Waals surface area contributed by atoms with Gasteiger partial charge in [0.25, 0.3) is 0 Å². The van der Waals surface area contributed by atoms with E-state index in [4.69, 9.17) is 4.74 Å². The van der Waals surface area contributed by atoms with Crippen molar-refractivity contribution in [1.82, 2.24) is 4.72 Å². The summed E-state index contributed by atoms with van der Waals surface area (Å²) in [5.41, 5.74) is 1.66. The molecule has 5 heteroatoms. The molecule has 20 heavy (non-hydrogen) atoms. The third-order valence-corrected chi connectivity index (χ3v) is 5.62. The van der Waals surface area contributed by atoms with Gasteiger partial charge in [-0.15, -0.1) is 0 Å². The highest BCUT2D eigenvalue weighted by Gasteiger charge is 2.25. The fourth-order valence-electron chi connectivity index (χ4n) is 2.70. The van der Waals surface area contributed by atoms with Gasteiger partial charge in [0.2, 0.25) is 10.0 Å². The highest BCUT2D eigenvalue weighted by atomic mass is 32.2. The SMILES string of the molecule is CCOc1ccc(S(=O)(=O)NC2CCCC2)c(C)c1C. The molecule has 1 aromatic carbocycles. The first-order valence-electron chi connectivity index (χ1n) is 7.21. The van der Waals surface area contributed by atoms with E-state index in [1.54, 1.807) is 12.1 Å². The lowest BCUT2D eigenvalue weighted by Gasteiger charge is -2.17. The molecule has 0 unspecified atom stereocenters. The molecule has 0 aromatic heterocycles. The second-order valence-electron chi connectivity index (χ2n) is 5.35. The fraction of sp³-hybridized carbons (Fsp3) is 0.600. The molecule has 0 spiro atoms. The van der Waals surface area contributed by atoms with E-state index in [-0.39, 0.29) is 6.04 Å². The van der Waals surface area contributed by atoms with Crippen LogP contribution in [0.3, 0.4) is 0 Å². The van der Waals surface area contributed by atoms with Crippen molar-refractivity contribution in [2.75, 3.05) is 6.61 Å². The molecule has 0 amide bonds. The summed E-state index contributed by atoms with van der Waals surface area (Å²) in [6.45, 7) is 6.23. The molecule has 1 aliphatic rings. The van der Waals surface area contributed by atoms with Crippen LogP contribution in [0.5, 0.6) is 5.75 Å². The monoisotopic (exact) mass is 297 g/mol. The van der Waals surface area contributed by atoms with Crippen molar-refractivity contribution < 1.29 is 13.2 Å². The van der Waals surface area contributed by atoms with Crippen molar-refractivity contribution >= 4 is 10.0 Å². The zero-order valence-corrected chi connectivity index (χ0v) is 13.2. The maximum absolute atomic E-state index is 12.5. The van der Waals surface area contributed by atoms with Gasteiger partial charge >= 0.3 is 0 Å². The van der Waals surface area contributed by atoms with Gasteiger partial charge in [0.1, 0.15) is 5.75 Å². The Hall–Kier alpha value is -1.07. The Bertz CT molecular complexity index is 575. The molecule has 0 saturated heterocycles. The van der Waals surface area contributed by atoms with Crippen LogP contribution in [0.1, 0.15) is 43.7 Å². The molecule has 0 aliphatic heterocycles. The molecule has 0 radical (unpaired) electrons. The maximum atomic E-state index is 12.5. The fourth-order valence-corrected chi connectivity index (χ4v) is 4.31. The average molecular weight is 297 g/mol. The van der Waals surface area contributed by atoms with Crippen LogP contribution in [0.4, 0.5) is 0 Å². The number of ether oxygens (including phenoxy) is 1. The number of hydrogen-bond acceptors (Lipinski definition) is 3. The summed E-state index contributed by atoms with van der Waals surface area (Å²) in [4.78, 5) is 0.366. The van der Waals surface area contributed by atoms with Crippen molar-refractivity contribution in [1.29, 1.82) is 0 Å². The smallest absolute Gasteiger partial charge is 0.241 e. The van der Waals surface area contributed by atoms with Crippen molar-refractivity contribution in [3.8, 4) is 5.75 Å². The molecule has 0 bridgehead atoms. The molecule has 1 aliphatic carbocycles. The Morgan fingerprint density at radius 2 is 1.85 bits per heavy atom. The summed E-state index contributed by atoms with van der Waals surface area (Å²) < 4.78 is 33.3. The quantitative estimate of drug-likeness (QED) is 0.909. The van der Waals surface area contributed by atoms with E-state index in [9.17, 15) is 8.42 Å². The first-order chi connectivity index (χ1) is 9.45. The first kappa shape index (κ1) is 15.3. The molecule has 1 aromatic rings. The molecule has 1 N–H and O–H groups in total. The van der Waals surface area contributed by atoms with Crippen LogP contribution >= 0.6 is 0 Å². The van der Waals surface area contributed by atoms with Gasteiger partial charge in [0, 0.05) is 6.04 Å². The zero-order valence-electron chi connectivity index (χ0n) is 12.4. The van der Waals surface area contributed by atoms with E-state index in [0.29, 0.717) is 11.5 Å². The van der Waals surface area contributed by atoms with Gasteiger partial charge in [-0.25, -0.2) is 13.1 Å². The Balaban J connectivity index is 2.29. The van der Waals surface area contributed by atoms with Crippen LogP contribution in [0.2, 0.25) is 0 Å². The molecular formula is C15H23NO3S. The van der Waals surface area contributed by atoms with Gasteiger partial charge in [0.05, 0.1) is 11.5 Å². The Kier molecular flexibility index (Phi) is 4.70. The topological polar surface area (TPSA) is 55.4 Å². The molecule has 112 valence electrons. The Morgan fingerprint density at radius 1 is 1.20 bits per heavy atom. The lowest BCUT2D eigenvalue weighted by atomic mass is 10.1. The minimum absolute atomic E-state index is 0.0891. The summed E-state index contributed by atoms with van der Waals surface area (Å²) in [6, 6.07) is 3.48. The van der Waals surface area contributed by atoms with Gasteiger partial charge in [-0.05, 0) is 56.9 Å². The second kappa shape index (κ2) is 6.14. The lowest BCUT2D eigenvalue weighted by Crippen LogP contribution is -2.33. The second-order valence-corrected chi connectivity index (χ2v) is 7.03. The van der Waals surface area contributed by atoms with Crippen LogP contribution in [0.25, 0.3) is 0 Å². The Labute approximate surface area is 121 Å². The predicted octanol–water partition coefficient (Wildman–Crippen LogP) is 2.92. The summed E-state index contributed by atoms with van der Waals surface area (Å²) in [6.07, 6.45) is 4.09. The number of rotatable bonds is 5. The third-order valence-electron chi connectivity index (χ3n) is 3.95. The minimum atomic E-state index is -3.43. The molecular weight excluding hydrogens is 274 g/mol. The Morgan fingerprint density at radius 3 is 2.45 bits per heavy atom. The number of benzene rings is 1. The zero-order chi connectivity index (χ0) is 14.8. The highest BCUT2D eigenvalue weighted by Crippen LogP contribution is 2.28. The molecule has 2 rings (SSSR count). The third kappa shape index (κ3) is 3.15. The lowest BCUT2D eigenvalue weighted by molar-refractivity contribution is 0.337. The van der Waals surface area contributed by atoms with Gasteiger partial charge in [0.15, 0.2) is 0 Å². The molecule has 4 nitrogen and oxygen atoms in total. The van der Waals surface area contributed by atoms with Crippen molar-refractivity contribution in [2.24, 2.45) is 0 Å². The molecule has 1 fully saturated rings. The number of sulfonamides is 1. The van der Waals surface area contributed by atoms with Crippen LogP contribution in [0, 0.1) is 13.8 Å². The largest absolute Gasteiger partial charge is 0.494 e. The van der Waals surface area contributed by atoms with Gasteiger partial charge < -0.3 is 4.74 Å². The molecule has 0 atom stereocenters. The summed E-state index contributed by atoms with van der Waals surface area (Å²) in [7, 11) is -3.43. The van der Waals surface area contributed by atoms with Gasteiger partial charge in [-0.3, -0.25) is 0 Å².